The molecule has 0 atom stereocenters. The number of carbonyl (C=O) groups excluding carboxylic acids is 1. The molecular formula is C13H16BrF2NO. The van der Waals surface area contributed by atoms with E-state index in [1.54, 1.807) is 0 Å². The van der Waals surface area contributed by atoms with Crippen molar-refractivity contribution in [3.63, 3.8) is 0 Å². The van der Waals surface area contributed by atoms with Crippen LogP contribution < -0.4 is 5.32 Å². The van der Waals surface area contributed by atoms with Crippen LogP contribution in [0.15, 0.2) is 18.2 Å². The van der Waals surface area contributed by atoms with Crippen LogP contribution in [0.2, 0.25) is 0 Å². The molecule has 0 aliphatic heterocycles. The van der Waals surface area contributed by atoms with E-state index in [9.17, 15) is 13.6 Å². The predicted octanol–water partition coefficient (Wildman–Crippen LogP) is 3.04. The number of hydrogen-bond donors (Lipinski definition) is 1. The highest BCUT2D eigenvalue weighted by Crippen LogP contribution is 2.16. The van der Waals surface area contributed by atoms with Gasteiger partial charge in [-0.25, -0.2) is 8.78 Å². The summed E-state index contributed by atoms with van der Waals surface area (Å²) >= 11 is 3.35. The van der Waals surface area contributed by atoms with Crippen LogP contribution in [0.5, 0.6) is 0 Å². The third kappa shape index (κ3) is 4.37. The summed E-state index contributed by atoms with van der Waals surface area (Å²) in [6.07, 6.45) is -0.151. The molecule has 0 bridgehead atoms. The minimum absolute atomic E-state index is 0.0733. The maximum atomic E-state index is 13.3. The average molecular weight is 320 g/mol. The highest BCUT2D eigenvalue weighted by molar-refractivity contribution is 9.09. The number of carbonyl (C=O) groups is 1. The molecule has 100 valence electrons. The van der Waals surface area contributed by atoms with Gasteiger partial charge in [0.15, 0.2) is 11.6 Å². The molecule has 0 saturated heterocycles. The van der Waals surface area contributed by atoms with Gasteiger partial charge in [-0.3, -0.25) is 4.79 Å². The molecule has 1 aromatic rings. The zero-order chi connectivity index (χ0) is 13.8. The molecule has 5 heteroatoms. The van der Waals surface area contributed by atoms with Gasteiger partial charge >= 0.3 is 0 Å². The molecule has 0 unspecified atom stereocenters. The summed E-state index contributed by atoms with van der Waals surface area (Å²) < 4.78 is 26.3. The molecule has 1 aromatic carbocycles. The molecular weight excluding hydrogens is 304 g/mol. The van der Waals surface area contributed by atoms with Crippen LogP contribution in [0.1, 0.15) is 19.4 Å². The Labute approximate surface area is 114 Å². The number of nitrogens with one attached hydrogen (secondary N) is 1. The van der Waals surface area contributed by atoms with E-state index in [-0.39, 0.29) is 23.3 Å². The third-order valence-electron chi connectivity index (χ3n) is 2.51. The van der Waals surface area contributed by atoms with Crippen LogP contribution in [0.3, 0.4) is 0 Å². The number of hydrogen-bond acceptors (Lipinski definition) is 1. The Balaban J connectivity index is 2.58. The Morgan fingerprint density at radius 2 is 2.06 bits per heavy atom. The van der Waals surface area contributed by atoms with Gasteiger partial charge in [-0.1, -0.05) is 41.9 Å². The van der Waals surface area contributed by atoms with Crippen molar-refractivity contribution in [3.05, 3.63) is 35.4 Å². The fraction of sp³-hybridized carbons (Fsp3) is 0.462. The van der Waals surface area contributed by atoms with Gasteiger partial charge in [0.2, 0.25) is 5.91 Å². The summed E-state index contributed by atoms with van der Waals surface area (Å²) in [6, 6.07) is 3.84. The number of alkyl halides is 1. The van der Waals surface area contributed by atoms with Gasteiger partial charge < -0.3 is 5.32 Å². The van der Waals surface area contributed by atoms with Crippen LogP contribution in [-0.4, -0.2) is 17.8 Å². The molecule has 0 heterocycles. The first-order valence-corrected chi connectivity index (χ1v) is 6.73. The number of halogens is 3. The number of rotatable bonds is 5. The molecule has 0 aliphatic rings. The quantitative estimate of drug-likeness (QED) is 0.830. The minimum Gasteiger partial charge on any atom is -0.355 e. The van der Waals surface area contributed by atoms with Crippen molar-refractivity contribution in [3.8, 4) is 0 Å². The second-order valence-electron chi connectivity index (χ2n) is 4.96. The molecule has 18 heavy (non-hydrogen) atoms. The first-order chi connectivity index (χ1) is 8.35. The standard InChI is InChI=1S/C13H16BrF2NO/c1-13(2,7-14)8-17-11(18)6-9-4-3-5-10(15)12(9)16/h3-5H,6-8H2,1-2H3,(H,17,18). The van der Waals surface area contributed by atoms with Gasteiger partial charge in [-0.2, -0.15) is 0 Å². The SMILES string of the molecule is CC(C)(CBr)CNC(=O)Cc1cccc(F)c1F. The Hall–Kier alpha value is -0.970. The highest BCUT2D eigenvalue weighted by Gasteiger charge is 2.18. The van der Waals surface area contributed by atoms with Gasteiger partial charge in [0, 0.05) is 17.4 Å². The molecule has 0 aliphatic carbocycles. The second-order valence-corrected chi connectivity index (χ2v) is 5.53. The van der Waals surface area contributed by atoms with Crippen LogP contribution >= 0.6 is 15.9 Å². The van der Waals surface area contributed by atoms with Crippen molar-refractivity contribution in [2.24, 2.45) is 5.41 Å². The lowest BCUT2D eigenvalue weighted by Crippen LogP contribution is -2.35. The van der Waals surface area contributed by atoms with Crippen molar-refractivity contribution in [1.82, 2.24) is 5.32 Å². The van der Waals surface area contributed by atoms with E-state index in [4.69, 9.17) is 0 Å². The topological polar surface area (TPSA) is 29.1 Å². The molecule has 0 radical (unpaired) electrons. The van der Waals surface area contributed by atoms with Crippen LogP contribution in [0, 0.1) is 17.0 Å². The zero-order valence-corrected chi connectivity index (χ0v) is 12.0. The first kappa shape index (κ1) is 15.1. The smallest absolute Gasteiger partial charge is 0.224 e. The molecule has 0 aromatic heterocycles. The summed E-state index contributed by atoms with van der Waals surface area (Å²) in [6.45, 7) is 4.46. The lowest BCUT2D eigenvalue weighted by molar-refractivity contribution is -0.120. The summed E-state index contributed by atoms with van der Waals surface area (Å²) in [4.78, 5) is 11.6. The molecule has 0 spiro atoms. The predicted molar refractivity (Wildman–Crippen MR) is 70.6 cm³/mol. The Morgan fingerprint density at radius 3 is 2.67 bits per heavy atom. The zero-order valence-electron chi connectivity index (χ0n) is 10.4. The van der Waals surface area contributed by atoms with E-state index < -0.39 is 11.6 Å². The third-order valence-corrected chi connectivity index (χ3v) is 4.03. The highest BCUT2D eigenvalue weighted by atomic mass is 79.9. The maximum absolute atomic E-state index is 13.3. The Morgan fingerprint density at radius 1 is 1.39 bits per heavy atom. The molecule has 0 fully saturated rings. The molecule has 1 N–H and O–H groups in total. The summed E-state index contributed by atoms with van der Waals surface area (Å²) in [5.41, 5.74) is 0.0000142. The average Bonchev–Trinajstić information content (AvgIpc) is 2.33. The number of amides is 1. The van der Waals surface area contributed by atoms with Crippen molar-refractivity contribution >= 4 is 21.8 Å². The van der Waals surface area contributed by atoms with E-state index in [1.165, 1.54) is 12.1 Å². The largest absolute Gasteiger partial charge is 0.355 e. The molecule has 2 nitrogen and oxygen atoms in total. The molecule has 1 amide bonds. The van der Waals surface area contributed by atoms with E-state index in [1.807, 2.05) is 13.8 Å². The fourth-order valence-corrected chi connectivity index (χ4v) is 1.50. The van der Waals surface area contributed by atoms with E-state index >= 15 is 0 Å². The van der Waals surface area contributed by atoms with Gasteiger partial charge in [-0.05, 0) is 11.5 Å². The van der Waals surface area contributed by atoms with E-state index in [0.29, 0.717) is 6.54 Å². The van der Waals surface area contributed by atoms with E-state index in [2.05, 4.69) is 21.2 Å². The van der Waals surface area contributed by atoms with Gasteiger partial charge in [-0.15, -0.1) is 0 Å². The van der Waals surface area contributed by atoms with Crippen molar-refractivity contribution in [2.75, 3.05) is 11.9 Å². The van der Waals surface area contributed by atoms with Gasteiger partial charge in [0.05, 0.1) is 6.42 Å². The Bertz CT molecular complexity index is 435. The summed E-state index contributed by atoms with van der Waals surface area (Å²) in [7, 11) is 0. The normalized spacial score (nSPS) is 11.4. The monoisotopic (exact) mass is 319 g/mol. The molecule has 0 saturated carbocycles. The van der Waals surface area contributed by atoms with Gasteiger partial charge in [0.1, 0.15) is 0 Å². The van der Waals surface area contributed by atoms with Crippen LogP contribution in [-0.2, 0) is 11.2 Å². The number of benzene rings is 1. The van der Waals surface area contributed by atoms with Crippen LogP contribution in [0.4, 0.5) is 8.78 Å². The summed E-state index contributed by atoms with van der Waals surface area (Å²) in [5, 5.41) is 3.46. The lowest BCUT2D eigenvalue weighted by Gasteiger charge is -2.21. The van der Waals surface area contributed by atoms with Gasteiger partial charge in [0.25, 0.3) is 0 Å². The Kier molecular flexibility index (Phi) is 5.26. The second kappa shape index (κ2) is 6.27. The fourth-order valence-electron chi connectivity index (χ4n) is 1.31. The van der Waals surface area contributed by atoms with Crippen molar-refractivity contribution < 1.29 is 13.6 Å². The van der Waals surface area contributed by atoms with E-state index in [0.717, 1.165) is 11.4 Å². The lowest BCUT2D eigenvalue weighted by atomic mass is 9.97. The first-order valence-electron chi connectivity index (χ1n) is 5.61. The molecule has 1 rings (SSSR count). The minimum atomic E-state index is -0.951. The van der Waals surface area contributed by atoms with Crippen molar-refractivity contribution in [1.29, 1.82) is 0 Å². The van der Waals surface area contributed by atoms with Crippen LogP contribution in [0.25, 0.3) is 0 Å². The summed E-state index contributed by atoms with van der Waals surface area (Å²) in [5.74, 6) is -2.19. The van der Waals surface area contributed by atoms with Crippen molar-refractivity contribution in [2.45, 2.75) is 20.3 Å². The maximum Gasteiger partial charge on any atom is 0.224 e.